The molecule has 0 aliphatic carbocycles. The zero-order chi connectivity index (χ0) is 0. The van der Waals surface area contributed by atoms with Gasteiger partial charge < -0.3 is 55.1 Å². The van der Waals surface area contributed by atoms with Crippen LogP contribution in [0.4, 0.5) is 0 Å². The summed E-state index contributed by atoms with van der Waals surface area (Å²) in [6.07, 6.45) is 0. The first-order chi connectivity index (χ1) is 0. The van der Waals surface area contributed by atoms with Crippen LogP contribution in [0.15, 0.2) is 0 Å². The fraction of sp³-hybridized carbons (Fsp3) is 0. The van der Waals surface area contributed by atoms with E-state index in [4.69, 9.17) is 0 Å². The van der Waals surface area contributed by atoms with Gasteiger partial charge in [-0.2, -0.15) is 0 Å². The van der Waals surface area contributed by atoms with Crippen LogP contribution in [0.5, 0.6) is 0 Å². The summed E-state index contributed by atoms with van der Waals surface area (Å²) in [5, 5.41) is 0. The molecule has 6 heavy (non-hydrogen) atoms. The first kappa shape index (κ1) is 111. The van der Waals surface area contributed by atoms with Crippen LogP contribution >= 0.6 is 0 Å². The van der Waals surface area contributed by atoms with E-state index in [1.807, 2.05) is 0 Å². The van der Waals surface area contributed by atoms with Crippen molar-refractivity contribution in [3.8, 4) is 0 Å². The molecule has 0 radical (unpaired) electrons. The van der Waals surface area contributed by atoms with Gasteiger partial charge >= 0.3 is 21.1 Å². The third-order valence-corrected chi connectivity index (χ3v) is 0. The summed E-state index contributed by atoms with van der Waals surface area (Å²) in [6, 6.07) is 0. The van der Waals surface area contributed by atoms with Crippen molar-refractivity contribution in [1.82, 2.24) is 0 Å². The van der Waals surface area contributed by atoms with Gasteiger partial charge in [-0.15, -0.1) is 0 Å². The minimum atomic E-state index is 0. The van der Waals surface area contributed by atoms with Crippen molar-refractivity contribution in [1.29, 1.82) is 0 Å². The molecule has 0 fully saturated rings. The molecule has 0 bridgehead atoms. The summed E-state index contributed by atoms with van der Waals surface area (Å²) in [5.74, 6) is 0. The van der Waals surface area contributed by atoms with Crippen LogP contribution in [0.1, 0.15) is 0 Å². The second kappa shape index (κ2) is 70.2. The predicted molar refractivity (Wildman–Crippen MR) is 3.61 cm³/mol. The smallest absolute Gasteiger partial charge is 1.00 e. The number of hydrogen-bond acceptors (Lipinski definition) is 0. The monoisotopic (exact) mass is 256 g/mol. The molecule has 0 atom stereocenters. The molecule has 0 aliphatic rings. The fourth-order valence-electron chi connectivity index (χ4n) is 0. The van der Waals surface area contributed by atoms with E-state index >= 15 is 0 Å². The quantitative estimate of drug-likeness (QED) is 0.385. The molecule has 0 saturated carbocycles. The molecule has 6 heteroatoms. The maximum absolute atomic E-state index is 0. The molecule has 2 N–H and O–H groups in total. The van der Waals surface area contributed by atoms with Gasteiger partial charge in [0.25, 0.3) is 0 Å². The molecule has 42 valence electrons. The van der Waals surface area contributed by atoms with E-state index in [-0.39, 0.29) is 76.2 Å². The zero-order valence-corrected chi connectivity index (χ0v) is 7.45. The van der Waals surface area contributed by atoms with Crippen molar-refractivity contribution < 1.29 is 76.2 Å². The van der Waals surface area contributed by atoms with E-state index in [0.717, 1.165) is 0 Å². The van der Waals surface area contributed by atoms with Crippen molar-refractivity contribution >= 4 is 0 Å². The minimum Gasteiger partial charge on any atom is -1.00 e. The van der Waals surface area contributed by atoms with Crippen molar-refractivity contribution in [3.63, 3.8) is 0 Å². The van der Waals surface area contributed by atoms with Crippen LogP contribution < -0.4 is 49.6 Å². The molecule has 0 aromatic heterocycles. The van der Waals surface area contributed by atoms with Crippen LogP contribution in [-0.2, 0) is 21.1 Å². The van der Waals surface area contributed by atoms with E-state index < -0.39 is 0 Å². The molecule has 0 aromatic rings. The topological polar surface area (TPSA) is 31.5 Å². The molecular formula is H2Cl4MoO. The van der Waals surface area contributed by atoms with Gasteiger partial charge in [0.15, 0.2) is 0 Å². The van der Waals surface area contributed by atoms with Crippen LogP contribution in [0.2, 0.25) is 0 Å². The van der Waals surface area contributed by atoms with Gasteiger partial charge in [0, 0.05) is 0 Å². The van der Waals surface area contributed by atoms with Gasteiger partial charge in [0.2, 0.25) is 0 Å². The normalized spacial score (nSPS) is 0. The van der Waals surface area contributed by atoms with Gasteiger partial charge in [-0.3, -0.25) is 0 Å². The Morgan fingerprint density at radius 1 is 0.500 bits per heavy atom. The first-order valence-corrected chi connectivity index (χ1v) is 0. The van der Waals surface area contributed by atoms with Gasteiger partial charge in [0.1, 0.15) is 0 Å². The van der Waals surface area contributed by atoms with Gasteiger partial charge in [-0.25, -0.2) is 0 Å². The maximum atomic E-state index is 0. The summed E-state index contributed by atoms with van der Waals surface area (Å²) in [5.41, 5.74) is 0. The summed E-state index contributed by atoms with van der Waals surface area (Å²) < 4.78 is 0. The molecule has 0 heterocycles. The van der Waals surface area contributed by atoms with E-state index in [9.17, 15) is 0 Å². The molecule has 0 spiro atoms. The maximum Gasteiger partial charge on any atom is 4.00 e. The zero-order valence-electron chi connectivity index (χ0n) is 2.42. The Labute approximate surface area is 75.8 Å². The standard InChI is InChI=1S/4ClH.Mo.H2O/h4*1H;;1H2/q;;;;+4;/p-4. The molecule has 0 saturated heterocycles. The van der Waals surface area contributed by atoms with Crippen LogP contribution in [0, 0.1) is 0 Å². The SMILES string of the molecule is O.[Cl-].[Cl-].[Cl-].[Cl-].[Mo+4]. The van der Waals surface area contributed by atoms with Gasteiger partial charge in [0.05, 0.1) is 0 Å². The van der Waals surface area contributed by atoms with Crippen molar-refractivity contribution in [2.75, 3.05) is 0 Å². The average molecular weight is 256 g/mol. The van der Waals surface area contributed by atoms with E-state index in [2.05, 4.69) is 0 Å². The molecular weight excluding hydrogens is 254 g/mol. The average Bonchev–Trinajstić information content (AvgIpc) is 0. The van der Waals surface area contributed by atoms with Crippen molar-refractivity contribution in [2.45, 2.75) is 0 Å². The number of hydrogen-bond donors (Lipinski definition) is 0. The van der Waals surface area contributed by atoms with E-state index in [1.54, 1.807) is 0 Å². The fourth-order valence-corrected chi connectivity index (χ4v) is 0. The Bertz CT molecular complexity index is 7.51. The largest absolute Gasteiger partial charge is 4.00 e. The molecule has 0 unspecified atom stereocenters. The van der Waals surface area contributed by atoms with E-state index in [0.29, 0.717) is 0 Å². The molecule has 0 rings (SSSR count). The number of halogens is 4. The van der Waals surface area contributed by atoms with Crippen molar-refractivity contribution in [3.05, 3.63) is 0 Å². The second-order valence-electron chi connectivity index (χ2n) is 0. The predicted octanol–water partition coefficient (Wildman–Crippen LogP) is -12.8. The van der Waals surface area contributed by atoms with Gasteiger partial charge in [-0.1, -0.05) is 0 Å². The summed E-state index contributed by atoms with van der Waals surface area (Å²) >= 11 is 0. The summed E-state index contributed by atoms with van der Waals surface area (Å²) in [7, 11) is 0. The van der Waals surface area contributed by atoms with E-state index in [1.165, 1.54) is 0 Å². The molecule has 0 aliphatic heterocycles. The van der Waals surface area contributed by atoms with Gasteiger partial charge in [-0.05, 0) is 0 Å². The third-order valence-electron chi connectivity index (χ3n) is 0. The summed E-state index contributed by atoms with van der Waals surface area (Å²) in [6.45, 7) is 0. The Hall–Kier alpha value is 1.81. The Balaban J connectivity index is 0. The minimum absolute atomic E-state index is 0. The van der Waals surface area contributed by atoms with Crippen LogP contribution in [0.3, 0.4) is 0 Å². The molecule has 0 amide bonds. The molecule has 0 aromatic carbocycles. The number of rotatable bonds is 0. The second-order valence-corrected chi connectivity index (χ2v) is 0. The van der Waals surface area contributed by atoms with Crippen molar-refractivity contribution in [2.24, 2.45) is 0 Å². The Morgan fingerprint density at radius 3 is 0.500 bits per heavy atom. The van der Waals surface area contributed by atoms with Crippen LogP contribution in [0.25, 0.3) is 0 Å². The Kier molecular flexibility index (Phi) is 1300. The van der Waals surface area contributed by atoms with Crippen LogP contribution in [-0.4, -0.2) is 5.48 Å². The summed E-state index contributed by atoms with van der Waals surface area (Å²) in [4.78, 5) is 0. The molecule has 1 nitrogen and oxygen atoms in total. The third kappa shape index (κ3) is 41.1. The Morgan fingerprint density at radius 2 is 0.500 bits per heavy atom. The first-order valence-electron chi connectivity index (χ1n) is 0.